The van der Waals surface area contributed by atoms with Gasteiger partial charge in [0.2, 0.25) is 0 Å². The van der Waals surface area contributed by atoms with Gasteiger partial charge in [-0.2, -0.15) is 6.54 Å². The summed E-state index contributed by atoms with van der Waals surface area (Å²) in [6.07, 6.45) is -0.337. The molecule has 4 heteroatoms. The van der Waals surface area contributed by atoms with Gasteiger partial charge >= 0.3 is 6.09 Å². The molecule has 1 amide bonds. The van der Waals surface area contributed by atoms with Crippen LogP contribution in [0, 0.1) is 6.54 Å². The third-order valence-electron chi connectivity index (χ3n) is 4.60. The quantitative estimate of drug-likeness (QED) is 0.378. The van der Waals surface area contributed by atoms with Crippen molar-refractivity contribution >= 4 is 6.09 Å². The summed E-state index contributed by atoms with van der Waals surface area (Å²) in [5.74, 6) is 0. The number of carbonyl (C=O) groups is 1. The average molecular weight is 512 g/mol. The van der Waals surface area contributed by atoms with Crippen LogP contribution in [-0.4, -0.2) is 17.6 Å². The number of hydrogen-bond acceptors (Lipinski definition) is 2. The van der Waals surface area contributed by atoms with Gasteiger partial charge in [0, 0.05) is 21.1 Å². The summed E-state index contributed by atoms with van der Waals surface area (Å²) in [5.41, 5.74) is 2.28. The summed E-state index contributed by atoms with van der Waals surface area (Å²) in [6.45, 7) is 2.11. The fourth-order valence-corrected chi connectivity index (χ4v) is 3.56. The van der Waals surface area contributed by atoms with Crippen LogP contribution < -0.4 is 0 Å². The third kappa shape index (κ3) is 2.97. The van der Waals surface area contributed by atoms with E-state index >= 15 is 0 Å². The van der Waals surface area contributed by atoms with Gasteiger partial charge in [-0.15, -0.1) is 0 Å². The fraction of sp³-hybridized carbons (Fsp3) is 0.0909. The van der Waals surface area contributed by atoms with Crippen LogP contribution >= 0.6 is 0 Å². The predicted molar refractivity (Wildman–Crippen MR) is 96.7 cm³/mol. The van der Waals surface area contributed by atoms with E-state index in [1.54, 1.807) is 4.90 Å². The van der Waals surface area contributed by atoms with Crippen LogP contribution in [0.15, 0.2) is 91.0 Å². The summed E-state index contributed by atoms with van der Waals surface area (Å²) in [4.78, 5) is 14.3. The molecule has 0 spiro atoms. The van der Waals surface area contributed by atoms with E-state index in [0.29, 0.717) is 0 Å². The molecule has 3 nitrogen and oxygen atoms in total. The van der Waals surface area contributed by atoms with Gasteiger partial charge in [0.05, 0.1) is 5.54 Å². The average Bonchev–Trinajstić information content (AvgIpc) is 3.12. The largest absolute Gasteiger partial charge is 0.483 e. The smallest absolute Gasteiger partial charge is 0.378 e. The van der Waals surface area contributed by atoms with Crippen LogP contribution in [0.25, 0.3) is 0 Å². The molecule has 1 fully saturated rings. The first kappa shape index (κ1) is 18.4. The van der Waals surface area contributed by atoms with Crippen molar-refractivity contribution < 1.29 is 30.6 Å². The van der Waals surface area contributed by atoms with Gasteiger partial charge in [0.15, 0.2) is 0 Å². The maximum Gasteiger partial charge on any atom is 0.378 e. The second-order valence-corrected chi connectivity index (χ2v) is 5.94. The van der Waals surface area contributed by atoms with Crippen LogP contribution in [0.1, 0.15) is 16.7 Å². The Morgan fingerprint density at radius 2 is 1.12 bits per heavy atom. The second kappa shape index (κ2) is 7.88. The van der Waals surface area contributed by atoms with E-state index < -0.39 is 5.54 Å². The van der Waals surface area contributed by atoms with Crippen molar-refractivity contribution in [2.75, 3.05) is 6.61 Å². The minimum atomic E-state index is -0.767. The Morgan fingerprint density at radius 3 is 1.42 bits per heavy atom. The minimum absolute atomic E-state index is 0. The Bertz CT molecular complexity index is 756. The Morgan fingerprint density at radius 1 is 0.731 bits per heavy atom. The summed E-state index contributed by atoms with van der Waals surface area (Å²) < 4.78 is 5.27. The first-order valence-corrected chi connectivity index (χ1v) is 8.29. The molecule has 3 aromatic rings. The molecule has 1 aliphatic heterocycles. The summed E-state index contributed by atoms with van der Waals surface area (Å²) in [7, 11) is 0. The number of amides is 1. The molecular weight excluding hydrogens is 494 g/mol. The maximum atomic E-state index is 12.6. The van der Waals surface area contributed by atoms with E-state index in [-0.39, 0.29) is 33.8 Å². The van der Waals surface area contributed by atoms with Gasteiger partial charge in [-0.3, -0.25) is 0 Å². The molecule has 0 bridgehead atoms. The first-order valence-electron chi connectivity index (χ1n) is 8.29. The Hall–Kier alpha value is -2.38. The molecule has 0 N–H and O–H groups in total. The zero-order valence-electron chi connectivity index (χ0n) is 14.1. The molecule has 0 atom stereocenters. The Labute approximate surface area is 167 Å². The van der Waals surface area contributed by atoms with Crippen molar-refractivity contribution in [1.29, 1.82) is 0 Å². The van der Waals surface area contributed by atoms with Crippen molar-refractivity contribution in [3.05, 3.63) is 114 Å². The fourth-order valence-electron chi connectivity index (χ4n) is 3.56. The maximum absolute atomic E-state index is 12.6. The van der Waals surface area contributed by atoms with Gasteiger partial charge in [0.25, 0.3) is 0 Å². The van der Waals surface area contributed by atoms with E-state index in [4.69, 9.17) is 4.74 Å². The summed E-state index contributed by atoms with van der Waals surface area (Å²) >= 11 is 0. The van der Waals surface area contributed by atoms with E-state index in [1.807, 2.05) is 61.1 Å². The minimum Gasteiger partial charge on any atom is -0.483 e. The normalized spacial score (nSPS) is 13.8. The van der Waals surface area contributed by atoms with Gasteiger partial charge in [0.1, 0.15) is 0 Å². The molecular formula is C22H18NO2W-. The van der Waals surface area contributed by atoms with Crippen molar-refractivity contribution in [2.45, 2.75) is 5.54 Å². The summed E-state index contributed by atoms with van der Waals surface area (Å²) in [5, 5.41) is 0. The Kier molecular flexibility index (Phi) is 5.58. The molecule has 130 valence electrons. The monoisotopic (exact) mass is 512 g/mol. The predicted octanol–water partition coefficient (Wildman–Crippen LogP) is 4.59. The molecule has 0 saturated carbocycles. The number of carbonyl (C=O) groups excluding carboxylic acids is 1. The van der Waals surface area contributed by atoms with E-state index in [1.165, 1.54) is 0 Å². The van der Waals surface area contributed by atoms with Gasteiger partial charge in [-0.1, -0.05) is 91.0 Å². The standard InChI is InChI=1S/C22H18NO2.W/c24-21-23(16-17-25-21)22(18-10-4-1-5-11-18,19-12-6-2-7-13-19)20-14-8-3-9-15-20;/h1-16H,17H2;/q-1;. The van der Waals surface area contributed by atoms with E-state index in [9.17, 15) is 4.79 Å². The Balaban J connectivity index is 0.00000196. The molecule has 1 heterocycles. The molecule has 0 aliphatic carbocycles. The molecule has 4 rings (SSSR count). The number of hydrogen-bond donors (Lipinski definition) is 0. The number of rotatable bonds is 4. The SMILES string of the molecule is O=C1OC[CH-]N1C(c1ccccc1)(c1ccccc1)c1ccccc1.[W]. The number of ether oxygens (including phenoxy) is 1. The van der Waals surface area contributed by atoms with E-state index in [2.05, 4.69) is 36.4 Å². The molecule has 3 aromatic carbocycles. The van der Waals surface area contributed by atoms with E-state index in [0.717, 1.165) is 16.7 Å². The van der Waals surface area contributed by atoms with Gasteiger partial charge < -0.3 is 9.64 Å². The topological polar surface area (TPSA) is 29.5 Å². The summed E-state index contributed by atoms with van der Waals surface area (Å²) in [6, 6.07) is 30.3. The van der Waals surface area contributed by atoms with Crippen molar-refractivity contribution in [2.24, 2.45) is 0 Å². The van der Waals surface area contributed by atoms with Gasteiger partial charge in [-0.05, 0) is 23.3 Å². The van der Waals surface area contributed by atoms with Crippen LogP contribution in [0.5, 0.6) is 0 Å². The van der Waals surface area contributed by atoms with Crippen LogP contribution in [0.3, 0.4) is 0 Å². The van der Waals surface area contributed by atoms with Crippen molar-refractivity contribution in [3.8, 4) is 0 Å². The number of nitrogens with zero attached hydrogens (tertiary/aromatic N) is 1. The first-order chi connectivity index (χ1) is 12.3. The van der Waals surface area contributed by atoms with Crippen LogP contribution in [0.4, 0.5) is 4.79 Å². The molecule has 1 saturated heterocycles. The van der Waals surface area contributed by atoms with Crippen LogP contribution in [-0.2, 0) is 31.3 Å². The molecule has 26 heavy (non-hydrogen) atoms. The number of cyclic esters (lactones) is 1. The third-order valence-corrected chi connectivity index (χ3v) is 4.60. The molecule has 1 aliphatic rings. The van der Waals surface area contributed by atoms with Crippen molar-refractivity contribution in [3.63, 3.8) is 0 Å². The van der Waals surface area contributed by atoms with Crippen molar-refractivity contribution in [1.82, 2.24) is 4.90 Å². The molecule has 0 aromatic heterocycles. The van der Waals surface area contributed by atoms with Gasteiger partial charge in [-0.25, -0.2) is 4.79 Å². The zero-order chi connectivity index (χ0) is 17.1. The second-order valence-electron chi connectivity index (χ2n) is 5.94. The number of benzene rings is 3. The molecule has 0 radical (unpaired) electrons. The van der Waals surface area contributed by atoms with Crippen LogP contribution in [0.2, 0.25) is 0 Å². The zero-order valence-corrected chi connectivity index (χ0v) is 17.1. The molecule has 0 unspecified atom stereocenters.